The van der Waals surface area contributed by atoms with Crippen LogP contribution >= 0.6 is 0 Å². The van der Waals surface area contributed by atoms with Gasteiger partial charge in [-0.3, -0.25) is 4.57 Å². The first-order valence-corrected chi connectivity index (χ1v) is 8.46. The van der Waals surface area contributed by atoms with E-state index in [1.54, 1.807) is 19.6 Å². The highest BCUT2D eigenvalue weighted by Gasteiger charge is 2.18. The van der Waals surface area contributed by atoms with Gasteiger partial charge in [0.1, 0.15) is 18.3 Å². The predicted octanol–water partition coefficient (Wildman–Crippen LogP) is 3.30. The lowest BCUT2D eigenvalue weighted by molar-refractivity contribution is 0.126. The third-order valence-corrected chi connectivity index (χ3v) is 4.56. The summed E-state index contributed by atoms with van der Waals surface area (Å²) in [6, 6.07) is 13.8. The Bertz CT molecular complexity index is 1110. The second-order valence-electron chi connectivity index (χ2n) is 6.21. The summed E-state index contributed by atoms with van der Waals surface area (Å²) in [6.07, 6.45) is 6.58. The summed E-state index contributed by atoms with van der Waals surface area (Å²) in [5, 5.41) is 11.8. The Morgan fingerprint density at radius 1 is 1.19 bits per heavy atom. The molecular formula is C20H19N5O2. The largest absolute Gasteiger partial charge is 0.411 e. The predicted molar refractivity (Wildman–Crippen MR) is 103 cm³/mol. The number of methoxy groups -OCH3 is 1. The summed E-state index contributed by atoms with van der Waals surface area (Å²) in [5.41, 5.74) is 4.57. The van der Waals surface area contributed by atoms with Crippen LogP contribution < -0.4 is 0 Å². The lowest BCUT2D eigenvalue weighted by Gasteiger charge is -2.17. The smallest absolute Gasteiger partial charge is 0.142 e. The molecule has 0 aliphatic rings. The fourth-order valence-corrected chi connectivity index (χ4v) is 3.24. The number of fused-ring (bicyclic) bond motifs is 1. The van der Waals surface area contributed by atoms with E-state index in [0.717, 1.165) is 33.7 Å². The number of imidazole rings is 2. The lowest BCUT2D eigenvalue weighted by atomic mass is 10.1. The van der Waals surface area contributed by atoms with Crippen LogP contribution in [0.2, 0.25) is 0 Å². The fourth-order valence-electron chi connectivity index (χ4n) is 3.24. The standard InChI is InChI=1S/C20H19N5O2/c1-24-9-8-21-20(24)19(27-2)15-4-3-5-16(11-15)25-13-22-17-10-14(12-23-26)6-7-18(17)25/h3-13,19,26H,1-2H3/b23-12+. The Hall–Kier alpha value is -3.45. The quantitative estimate of drug-likeness (QED) is 0.336. The number of hydrogen-bond donors (Lipinski definition) is 1. The number of benzene rings is 2. The molecular weight excluding hydrogens is 342 g/mol. The van der Waals surface area contributed by atoms with Crippen LogP contribution in [0.3, 0.4) is 0 Å². The van der Waals surface area contributed by atoms with E-state index >= 15 is 0 Å². The van der Waals surface area contributed by atoms with Crippen molar-refractivity contribution < 1.29 is 9.94 Å². The first-order valence-electron chi connectivity index (χ1n) is 8.46. The topological polar surface area (TPSA) is 77.5 Å². The van der Waals surface area contributed by atoms with Gasteiger partial charge in [-0.05, 0) is 35.4 Å². The number of hydrogen-bond acceptors (Lipinski definition) is 5. The number of ether oxygens (including phenoxy) is 1. The molecule has 27 heavy (non-hydrogen) atoms. The van der Waals surface area contributed by atoms with Gasteiger partial charge in [0.15, 0.2) is 0 Å². The van der Waals surface area contributed by atoms with Crippen molar-refractivity contribution in [1.82, 2.24) is 19.1 Å². The van der Waals surface area contributed by atoms with Crippen molar-refractivity contribution in [2.75, 3.05) is 7.11 Å². The van der Waals surface area contributed by atoms with E-state index in [2.05, 4.69) is 21.2 Å². The molecule has 136 valence electrons. The molecule has 0 radical (unpaired) electrons. The number of oxime groups is 1. The molecule has 1 atom stereocenters. The summed E-state index contributed by atoms with van der Waals surface area (Å²) in [6.45, 7) is 0. The average molecular weight is 361 g/mol. The zero-order valence-electron chi connectivity index (χ0n) is 15.0. The minimum absolute atomic E-state index is 0.257. The average Bonchev–Trinajstić information content (AvgIpc) is 3.29. The zero-order valence-corrected chi connectivity index (χ0v) is 15.0. The van der Waals surface area contributed by atoms with Crippen LogP contribution in [0.4, 0.5) is 0 Å². The maximum Gasteiger partial charge on any atom is 0.142 e. The molecule has 0 saturated heterocycles. The summed E-state index contributed by atoms with van der Waals surface area (Å²) < 4.78 is 9.69. The van der Waals surface area contributed by atoms with Crippen LogP contribution in [0, 0.1) is 0 Å². The van der Waals surface area contributed by atoms with E-state index in [1.165, 1.54) is 6.21 Å². The summed E-state index contributed by atoms with van der Waals surface area (Å²) in [7, 11) is 3.64. The van der Waals surface area contributed by atoms with Gasteiger partial charge >= 0.3 is 0 Å². The van der Waals surface area contributed by atoms with Crippen LogP contribution in [0.5, 0.6) is 0 Å². The zero-order chi connectivity index (χ0) is 18.8. The Labute approximate surface area is 156 Å². The van der Waals surface area contributed by atoms with Gasteiger partial charge in [-0.25, -0.2) is 9.97 Å². The normalized spacial score (nSPS) is 12.8. The van der Waals surface area contributed by atoms with Crippen LogP contribution in [-0.2, 0) is 11.8 Å². The Morgan fingerprint density at radius 2 is 2.07 bits per heavy atom. The van der Waals surface area contributed by atoms with Crippen LogP contribution in [0.1, 0.15) is 23.1 Å². The van der Waals surface area contributed by atoms with Crippen molar-refractivity contribution in [1.29, 1.82) is 0 Å². The highest BCUT2D eigenvalue weighted by atomic mass is 16.5. The van der Waals surface area contributed by atoms with E-state index in [0.29, 0.717) is 0 Å². The molecule has 0 fully saturated rings. The Kier molecular flexibility index (Phi) is 4.43. The van der Waals surface area contributed by atoms with Crippen LogP contribution in [0.15, 0.2) is 66.3 Å². The van der Waals surface area contributed by atoms with Gasteiger partial charge in [0, 0.05) is 32.2 Å². The summed E-state index contributed by atoms with van der Waals surface area (Å²) in [4.78, 5) is 8.89. The third-order valence-electron chi connectivity index (χ3n) is 4.56. The van der Waals surface area contributed by atoms with Gasteiger partial charge in [-0.1, -0.05) is 23.4 Å². The number of aromatic nitrogens is 4. The van der Waals surface area contributed by atoms with Gasteiger partial charge in [0.05, 0.1) is 17.2 Å². The van der Waals surface area contributed by atoms with Crippen molar-refractivity contribution in [2.45, 2.75) is 6.10 Å². The molecule has 1 unspecified atom stereocenters. The van der Waals surface area contributed by atoms with Crippen molar-refractivity contribution in [3.05, 3.63) is 78.1 Å². The number of aryl methyl sites for hydroxylation is 1. The molecule has 7 heteroatoms. The highest BCUT2D eigenvalue weighted by molar-refractivity contribution is 5.87. The van der Waals surface area contributed by atoms with Gasteiger partial charge in [-0.2, -0.15) is 0 Å². The van der Waals surface area contributed by atoms with Crippen LogP contribution in [-0.4, -0.2) is 37.6 Å². The molecule has 1 N–H and O–H groups in total. The van der Waals surface area contributed by atoms with E-state index in [9.17, 15) is 0 Å². The first-order chi connectivity index (χ1) is 13.2. The molecule has 2 aromatic heterocycles. The van der Waals surface area contributed by atoms with Crippen molar-refractivity contribution in [3.8, 4) is 5.69 Å². The number of rotatable bonds is 5. The second kappa shape index (κ2) is 7.05. The highest BCUT2D eigenvalue weighted by Crippen LogP contribution is 2.27. The minimum Gasteiger partial charge on any atom is -0.411 e. The van der Waals surface area contributed by atoms with Crippen molar-refractivity contribution in [2.24, 2.45) is 12.2 Å². The fraction of sp³-hybridized carbons (Fsp3) is 0.150. The molecule has 0 amide bonds. The summed E-state index contributed by atoms with van der Waals surface area (Å²) >= 11 is 0. The van der Waals surface area contributed by atoms with Gasteiger partial charge in [0.25, 0.3) is 0 Å². The molecule has 0 saturated carbocycles. The molecule has 0 aliphatic heterocycles. The monoisotopic (exact) mass is 361 g/mol. The van der Waals surface area contributed by atoms with Gasteiger partial charge in [0.2, 0.25) is 0 Å². The SMILES string of the molecule is COC(c1cccc(-n2cnc3cc(/C=N/O)ccc32)c1)c1nccn1C. The molecule has 4 aromatic rings. The minimum atomic E-state index is -0.257. The van der Waals surface area contributed by atoms with Gasteiger partial charge < -0.3 is 14.5 Å². The van der Waals surface area contributed by atoms with E-state index < -0.39 is 0 Å². The molecule has 0 spiro atoms. The lowest BCUT2D eigenvalue weighted by Crippen LogP contribution is -2.10. The maximum atomic E-state index is 8.70. The Balaban J connectivity index is 1.76. The van der Waals surface area contributed by atoms with Crippen molar-refractivity contribution in [3.63, 3.8) is 0 Å². The van der Waals surface area contributed by atoms with E-state index in [1.807, 2.05) is 58.8 Å². The second-order valence-corrected chi connectivity index (χ2v) is 6.21. The molecule has 2 heterocycles. The van der Waals surface area contributed by atoms with E-state index in [4.69, 9.17) is 9.94 Å². The third kappa shape index (κ3) is 3.09. The maximum absolute atomic E-state index is 8.70. The van der Waals surface area contributed by atoms with E-state index in [-0.39, 0.29) is 6.10 Å². The van der Waals surface area contributed by atoms with Crippen molar-refractivity contribution >= 4 is 17.2 Å². The molecule has 0 aliphatic carbocycles. The number of nitrogens with zero attached hydrogens (tertiary/aromatic N) is 5. The first kappa shape index (κ1) is 17.0. The molecule has 7 nitrogen and oxygen atoms in total. The Morgan fingerprint density at radius 3 is 2.81 bits per heavy atom. The molecule has 0 bridgehead atoms. The van der Waals surface area contributed by atoms with Gasteiger partial charge in [-0.15, -0.1) is 0 Å². The summed E-state index contributed by atoms with van der Waals surface area (Å²) in [5.74, 6) is 0.845. The van der Waals surface area contributed by atoms with Crippen LogP contribution in [0.25, 0.3) is 16.7 Å². The molecule has 4 rings (SSSR count). The molecule has 2 aromatic carbocycles.